The van der Waals surface area contributed by atoms with E-state index in [0.29, 0.717) is 22.5 Å². The standard InChI is InChI=1S/C21H22N4O2/c1-12(2)20(26)24-16-6-8-17(9-7-16)25-21(27)15-5-10-18-19(11-15)23-14(4)13(3)22-18/h5-12H,1-4H3,(H,24,26)(H,25,27). The van der Waals surface area contributed by atoms with Crippen molar-refractivity contribution in [3.63, 3.8) is 0 Å². The third-order valence-electron chi connectivity index (χ3n) is 4.27. The monoisotopic (exact) mass is 362 g/mol. The van der Waals surface area contributed by atoms with Crippen molar-refractivity contribution in [1.82, 2.24) is 9.97 Å². The lowest BCUT2D eigenvalue weighted by Crippen LogP contribution is -2.17. The molecule has 0 radical (unpaired) electrons. The number of fused-ring (bicyclic) bond motifs is 1. The summed E-state index contributed by atoms with van der Waals surface area (Å²) < 4.78 is 0. The molecular weight excluding hydrogens is 340 g/mol. The fraction of sp³-hybridized carbons (Fsp3) is 0.238. The molecule has 6 heteroatoms. The van der Waals surface area contributed by atoms with Crippen LogP contribution in [0.4, 0.5) is 11.4 Å². The maximum Gasteiger partial charge on any atom is 0.255 e. The van der Waals surface area contributed by atoms with Crippen LogP contribution in [0.5, 0.6) is 0 Å². The summed E-state index contributed by atoms with van der Waals surface area (Å²) in [5.41, 5.74) is 5.03. The zero-order valence-corrected chi connectivity index (χ0v) is 15.8. The normalized spacial score (nSPS) is 10.9. The molecule has 2 amide bonds. The van der Waals surface area contributed by atoms with Crippen molar-refractivity contribution in [2.45, 2.75) is 27.7 Å². The summed E-state index contributed by atoms with van der Waals surface area (Å²) in [6.45, 7) is 7.48. The Kier molecular flexibility index (Phi) is 5.16. The molecule has 0 unspecified atom stereocenters. The second-order valence-corrected chi connectivity index (χ2v) is 6.77. The summed E-state index contributed by atoms with van der Waals surface area (Å²) in [5.74, 6) is -0.363. The topological polar surface area (TPSA) is 84.0 Å². The Labute approximate surface area is 158 Å². The Bertz CT molecular complexity index is 1010. The van der Waals surface area contributed by atoms with Gasteiger partial charge in [-0.3, -0.25) is 9.59 Å². The number of aromatic nitrogens is 2. The van der Waals surface area contributed by atoms with Crippen LogP contribution in [-0.4, -0.2) is 21.8 Å². The summed E-state index contributed by atoms with van der Waals surface area (Å²) in [7, 11) is 0. The number of anilines is 2. The van der Waals surface area contributed by atoms with Gasteiger partial charge in [0.25, 0.3) is 5.91 Å². The number of rotatable bonds is 4. The summed E-state index contributed by atoms with van der Waals surface area (Å²) in [6, 6.07) is 12.3. The molecule has 0 aliphatic carbocycles. The van der Waals surface area contributed by atoms with E-state index in [9.17, 15) is 9.59 Å². The highest BCUT2D eigenvalue weighted by Gasteiger charge is 2.10. The highest BCUT2D eigenvalue weighted by molar-refractivity contribution is 6.06. The van der Waals surface area contributed by atoms with Gasteiger partial charge in [-0.05, 0) is 56.3 Å². The molecule has 6 nitrogen and oxygen atoms in total. The van der Waals surface area contributed by atoms with Gasteiger partial charge in [0.2, 0.25) is 5.91 Å². The Balaban J connectivity index is 1.74. The number of hydrogen-bond donors (Lipinski definition) is 2. The number of carbonyl (C=O) groups is 2. The fourth-order valence-corrected chi connectivity index (χ4v) is 2.50. The van der Waals surface area contributed by atoms with Gasteiger partial charge in [0, 0.05) is 22.9 Å². The average Bonchev–Trinajstić information content (AvgIpc) is 2.63. The van der Waals surface area contributed by atoms with Crippen LogP contribution in [0.15, 0.2) is 42.5 Å². The van der Waals surface area contributed by atoms with Gasteiger partial charge < -0.3 is 10.6 Å². The number of amides is 2. The molecule has 0 saturated carbocycles. The zero-order valence-electron chi connectivity index (χ0n) is 15.8. The summed E-state index contributed by atoms with van der Waals surface area (Å²) in [4.78, 5) is 33.2. The van der Waals surface area contributed by atoms with Gasteiger partial charge in [-0.15, -0.1) is 0 Å². The van der Waals surface area contributed by atoms with Crippen molar-refractivity contribution in [1.29, 1.82) is 0 Å². The van der Waals surface area contributed by atoms with E-state index in [1.165, 1.54) is 0 Å². The minimum absolute atomic E-state index is 0.0467. The second-order valence-electron chi connectivity index (χ2n) is 6.77. The summed E-state index contributed by atoms with van der Waals surface area (Å²) in [6.07, 6.45) is 0. The first kappa shape index (κ1) is 18.5. The molecule has 3 aromatic rings. The molecule has 0 bridgehead atoms. The van der Waals surface area contributed by atoms with E-state index in [-0.39, 0.29) is 17.7 Å². The van der Waals surface area contributed by atoms with Crippen LogP contribution >= 0.6 is 0 Å². The highest BCUT2D eigenvalue weighted by atomic mass is 16.2. The molecule has 138 valence electrons. The third-order valence-corrected chi connectivity index (χ3v) is 4.27. The smallest absolute Gasteiger partial charge is 0.255 e. The largest absolute Gasteiger partial charge is 0.326 e. The minimum Gasteiger partial charge on any atom is -0.326 e. The first-order valence-electron chi connectivity index (χ1n) is 8.81. The van der Waals surface area contributed by atoms with E-state index in [1.807, 2.05) is 27.7 Å². The van der Waals surface area contributed by atoms with E-state index in [1.54, 1.807) is 42.5 Å². The maximum absolute atomic E-state index is 12.5. The van der Waals surface area contributed by atoms with Crippen LogP contribution in [0.3, 0.4) is 0 Å². The molecule has 1 aromatic heterocycles. The van der Waals surface area contributed by atoms with Crippen molar-refractivity contribution < 1.29 is 9.59 Å². The number of benzene rings is 2. The van der Waals surface area contributed by atoms with E-state index < -0.39 is 0 Å². The predicted molar refractivity (Wildman–Crippen MR) is 107 cm³/mol. The Morgan fingerprint density at radius 2 is 1.37 bits per heavy atom. The van der Waals surface area contributed by atoms with Gasteiger partial charge in [0.15, 0.2) is 0 Å². The van der Waals surface area contributed by atoms with E-state index in [4.69, 9.17) is 0 Å². The maximum atomic E-state index is 12.5. The molecule has 3 rings (SSSR count). The second kappa shape index (κ2) is 7.53. The Morgan fingerprint density at radius 1 is 0.815 bits per heavy atom. The SMILES string of the molecule is Cc1nc2ccc(C(=O)Nc3ccc(NC(=O)C(C)C)cc3)cc2nc1C. The number of aryl methyl sites for hydroxylation is 2. The lowest BCUT2D eigenvalue weighted by molar-refractivity contribution is -0.118. The van der Waals surface area contributed by atoms with Crippen molar-refractivity contribution in [2.75, 3.05) is 10.6 Å². The van der Waals surface area contributed by atoms with Gasteiger partial charge in [0.1, 0.15) is 0 Å². The van der Waals surface area contributed by atoms with Crippen molar-refractivity contribution in [3.05, 3.63) is 59.4 Å². The lowest BCUT2D eigenvalue weighted by Gasteiger charge is -2.10. The van der Waals surface area contributed by atoms with Gasteiger partial charge in [0.05, 0.1) is 22.4 Å². The van der Waals surface area contributed by atoms with Gasteiger partial charge in [-0.2, -0.15) is 0 Å². The van der Waals surface area contributed by atoms with Crippen LogP contribution < -0.4 is 10.6 Å². The number of carbonyl (C=O) groups excluding carboxylic acids is 2. The predicted octanol–water partition coefficient (Wildman–Crippen LogP) is 4.09. The first-order chi connectivity index (χ1) is 12.8. The van der Waals surface area contributed by atoms with E-state index in [0.717, 1.165) is 16.9 Å². The molecule has 0 aliphatic rings. The quantitative estimate of drug-likeness (QED) is 0.732. The van der Waals surface area contributed by atoms with Crippen molar-refractivity contribution in [2.24, 2.45) is 5.92 Å². The summed E-state index contributed by atoms with van der Waals surface area (Å²) in [5, 5.41) is 5.67. The molecule has 2 N–H and O–H groups in total. The van der Waals surface area contributed by atoms with Gasteiger partial charge >= 0.3 is 0 Å². The number of nitrogens with one attached hydrogen (secondary N) is 2. The number of nitrogens with zero attached hydrogens (tertiary/aromatic N) is 2. The highest BCUT2D eigenvalue weighted by Crippen LogP contribution is 2.18. The van der Waals surface area contributed by atoms with Crippen LogP contribution in [0.25, 0.3) is 11.0 Å². The zero-order chi connectivity index (χ0) is 19.6. The summed E-state index contributed by atoms with van der Waals surface area (Å²) >= 11 is 0. The van der Waals surface area contributed by atoms with Crippen LogP contribution in [0.1, 0.15) is 35.6 Å². The van der Waals surface area contributed by atoms with Crippen molar-refractivity contribution in [3.8, 4) is 0 Å². The van der Waals surface area contributed by atoms with Gasteiger partial charge in [-0.25, -0.2) is 9.97 Å². The van der Waals surface area contributed by atoms with Crippen LogP contribution in [0, 0.1) is 19.8 Å². The van der Waals surface area contributed by atoms with Crippen molar-refractivity contribution >= 4 is 34.2 Å². The molecule has 0 fully saturated rings. The molecule has 0 spiro atoms. The van der Waals surface area contributed by atoms with E-state index in [2.05, 4.69) is 20.6 Å². The molecule has 27 heavy (non-hydrogen) atoms. The Morgan fingerprint density at radius 3 is 1.96 bits per heavy atom. The molecule has 0 atom stereocenters. The molecule has 0 aliphatic heterocycles. The minimum atomic E-state index is -0.226. The van der Waals surface area contributed by atoms with Gasteiger partial charge in [-0.1, -0.05) is 13.8 Å². The molecule has 0 saturated heterocycles. The van der Waals surface area contributed by atoms with Crippen LogP contribution in [-0.2, 0) is 4.79 Å². The molecular formula is C21H22N4O2. The number of hydrogen-bond acceptors (Lipinski definition) is 4. The molecule has 2 aromatic carbocycles. The van der Waals surface area contributed by atoms with E-state index >= 15 is 0 Å². The Hall–Kier alpha value is -3.28. The lowest BCUT2D eigenvalue weighted by atomic mass is 10.1. The van der Waals surface area contributed by atoms with Crippen LogP contribution in [0.2, 0.25) is 0 Å². The fourth-order valence-electron chi connectivity index (χ4n) is 2.50. The third kappa shape index (κ3) is 4.28. The average molecular weight is 362 g/mol. The first-order valence-corrected chi connectivity index (χ1v) is 8.81. The molecule has 1 heterocycles.